The van der Waals surface area contributed by atoms with Gasteiger partial charge in [0.15, 0.2) is 0 Å². The molecule has 1 saturated heterocycles. The van der Waals surface area contributed by atoms with E-state index in [4.69, 9.17) is 17.3 Å². The third-order valence-corrected chi connectivity index (χ3v) is 3.99. The van der Waals surface area contributed by atoms with Gasteiger partial charge >= 0.3 is 0 Å². The molecule has 0 spiro atoms. The molecule has 2 nitrogen and oxygen atoms in total. The molecule has 1 fully saturated rings. The Hall–Kier alpha value is -0.640. The Labute approximate surface area is 113 Å². The quantitative estimate of drug-likeness (QED) is 0.915. The first kappa shape index (κ1) is 13.8. The maximum atomic E-state index is 13.7. The van der Waals surface area contributed by atoms with Gasteiger partial charge in [0.2, 0.25) is 0 Å². The molecule has 100 valence electrons. The van der Waals surface area contributed by atoms with Gasteiger partial charge in [-0.25, -0.2) is 4.39 Å². The van der Waals surface area contributed by atoms with Gasteiger partial charge in [-0.2, -0.15) is 0 Å². The van der Waals surface area contributed by atoms with E-state index in [1.807, 2.05) is 0 Å². The average molecular weight is 271 g/mol. The first-order chi connectivity index (χ1) is 8.60. The van der Waals surface area contributed by atoms with Crippen LogP contribution < -0.4 is 5.73 Å². The van der Waals surface area contributed by atoms with Gasteiger partial charge in [-0.3, -0.25) is 4.90 Å². The van der Waals surface area contributed by atoms with Gasteiger partial charge in [-0.15, -0.1) is 0 Å². The van der Waals surface area contributed by atoms with E-state index in [9.17, 15) is 4.39 Å². The van der Waals surface area contributed by atoms with Crippen LogP contribution in [0, 0.1) is 11.7 Å². The highest BCUT2D eigenvalue weighted by Crippen LogP contribution is 2.25. The molecule has 0 aromatic heterocycles. The highest BCUT2D eigenvalue weighted by molar-refractivity contribution is 6.30. The Morgan fingerprint density at radius 2 is 2.28 bits per heavy atom. The minimum Gasteiger partial charge on any atom is -0.329 e. The molecule has 1 heterocycles. The summed E-state index contributed by atoms with van der Waals surface area (Å²) in [5.74, 6) is 0.521. The summed E-state index contributed by atoms with van der Waals surface area (Å²) in [4.78, 5) is 2.27. The molecule has 2 rings (SSSR count). The van der Waals surface area contributed by atoms with Crippen molar-refractivity contribution in [3.63, 3.8) is 0 Å². The third kappa shape index (κ3) is 3.22. The van der Waals surface area contributed by atoms with E-state index in [-0.39, 0.29) is 5.82 Å². The lowest BCUT2D eigenvalue weighted by molar-refractivity contribution is 0.114. The lowest BCUT2D eigenvalue weighted by Crippen LogP contribution is -2.45. The van der Waals surface area contributed by atoms with E-state index in [1.54, 1.807) is 12.1 Å². The van der Waals surface area contributed by atoms with Crippen molar-refractivity contribution in [2.45, 2.75) is 32.4 Å². The maximum Gasteiger partial charge on any atom is 0.127 e. The average Bonchev–Trinajstić information content (AvgIpc) is 2.36. The highest BCUT2D eigenvalue weighted by atomic mass is 35.5. The van der Waals surface area contributed by atoms with Crippen molar-refractivity contribution in [3.8, 4) is 0 Å². The normalized spacial score (nSPS) is 25.3. The Morgan fingerprint density at radius 1 is 1.50 bits per heavy atom. The highest BCUT2D eigenvalue weighted by Gasteiger charge is 2.25. The van der Waals surface area contributed by atoms with E-state index >= 15 is 0 Å². The fraction of sp³-hybridized carbons (Fsp3) is 0.571. The molecule has 4 heteroatoms. The van der Waals surface area contributed by atoms with Crippen molar-refractivity contribution >= 4 is 11.6 Å². The molecule has 1 aliphatic heterocycles. The second-order valence-electron chi connectivity index (χ2n) is 5.23. The van der Waals surface area contributed by atoms with Crippen molar-refractivity contribution in [1.82, 2.24) is 4.90 Å². The predicted octanol–water partition coefficient (Wildman–Crippen LogP) is 3.04. The molecular weight excluding hydrogens is 251 g/mol. The van der Waals surface area contributed by atoms with Gasteiger partial charge in [-0.1, -0.05) is 18.5 Å². The summed E-state index contributed by atoms with van der Waals surface area (Å²) in [5, 5.41) is 0.584. The molecule has 2 N–H and O–H groups in total. The molecular formula is C14H20ClFN2. The molecule has 0 bridgehead atoms. The number of likely N-dealkylation sites (tertiary alicyclic amines) is 1. The zero-order valence-corrected chi connectivity index (χ0v) is 11.5. The first-order valence-corrected chi connectivity index (χ1v) is 6.86. The zero-order valence-electron chi connectivity index (χ0n) is 10.7. The molecule has 0 radical (unpaired) electrons. The lowest BCUT2D eigenvalue weighted by Gasteiger charge is -2.38. The van der Waals surface area contributed by atoms with Crippen LogP contribution in [0.1, 0.15) is 25.3 Å². The SMILES string of the molecule is CC1CCN(Cc2cc(Cl)ccc2F)C(CN)C1. The van der Waals surface area contributed by atoms with Gasteiger partial charge in [-0.05, 0) is 43.5 Å². The minimum atomic E-state index is -0.186. The minimum absolute atomic E-state index is 0.186. The summed E-state index contributed by atoms with van der Waals surface area (Å²) in [7, 11) is 0. The van der Waals surface area contributed by atoms with Crippen LogP contribution >= 0.6 is 11.6 Å². The van der Waals surface area contributed by atoms with E-state index in [0.717, 1.165) is 19.4 Å². The smallest absolute Gasteiger partial charge is 0.127 e. The zero-order chi connectivity index (χ0) is 13.1. The van der Waals surface area contributed by atoms with Gasteiger partial charge < -0.3 is 5.73 Å². The lowest BCUT2D eigenvalue weighted by atomic mass is 9.92. The Morgan fingerprint density at radius 3 is 3.00 bits per heavy atom. The summed E-state index contributed by atoms with van der Waals surface area (Å²) >= 11 is 5.92. The van der Waals surface area contributed by atoms with E-state index in [1.165, 1.54) is 6.07 Å². The van der Waals surface area contributed by atoms with E-state index < -0.39 is 0 Å². The largest absolute Gasteiger partial charge is 0.329 e. The number of benzene rings is 1. The molecule has 1 aliphatic rings. The Balaban J connectivity index is 2.10. The van der Waals surface area contributed by atoms with Gasteiger partial charge in [0.25, 0.3) is 0 Å². The maximum absolute atomic E-state index is 13.7. The van der Waals surface area contributed by atoms with Crippen LogP contribution in [0.25, 0.3) is 0 Å². The van der Waals surface area contributed by atoms with Crippen LogP contribution in [-0.4, -0.2) is 24.0 Å². The van der Waals surface area contributed by atoms with Crippen LogP contribution in [-0.2, 0) is 6.54 Å². The van der Waals surface area contributed by atoms with Crippen LogP contribution in [0.5, 0.6) is 0 Å². The van der Waals surface area contributed by atoms with Crippen molar-refractivity contribution in [2.75, 3.05) is 13.1 Å². The third-order valence-electron chi connectivity index (χ3n) is 3.75. The summed E-state index contributed by atoms with van der Waals surface area (Å²) in [5.41, 5.74) is 6.48. The van der Waals surface area contributed by atoms with Gasteiger partial charge in [0.1, 0.15) is 5.82 Å². The number of nitrogens with zero attached hydrogens (tertiary/aromatic N) is 1. The van der Waals surface area contributed by atoms with Gasteiger partial charge in [0.05, 0.1) is 0 Å². The topological polar surface area (TPSA) is 29.3 Å². The van der Waals surface area contributed by atoms with Crippen LogP contribution in [0.2, 0.25) is 5.02 Å². The standard InChI is InChI=1S/C14H20ClFN2/c1-10-4-5-18(13(6-10)8-17)9-11-7-12(15)2-3-14(11)16/h2-3,7,10,13H,4-6,8-9,17H2,1H3. The predicted molar refractivity (Wildman–Crippen MR) is 73.1 cm³/mol. The van der Waals surface area contributed by atoms with Gasteiger partial charge in [0, 0.05) is 29.7 Å². The molecule has 1 aromatic carbocycles. The molecule has 0 amide bonds. The number of nitrogens with two attached hydrogens (primary N) is 1. The molecule has 0 saturated carbocycles. The number of rotatable bonds is 3. The van der Waals surface area contributed by atoms with Crippen LogP contribution in [0.15, 0.2) is 18.2 Å². The summed E-state index contributed by atoms with van der Waals surface area (Å²) in [6, 6.07) is 5.08. The Bertz CT molecular complexity index is 411. The number of halogens is 2. The molecule has 18 heavy (non-hydrogen) atoms. The monoisotopic (exact) mass is 270 g/mol. The van der Waals surface area contributed by atoms with E-state index in [2.05, 4.69) is 11.8 Å². The fourth-order valence-electron chi connectivity index (χ4n) is 2.64. The van der Waals surface area contributed by atoms with Crippen LogP contribution in [0.4, 0.5) is 4.39 Å². The summed E-state index contributed by atoms with van der Waals surface area (Å²) in [6.45, 7) is 4.46. The molecule has 1 aromatic rings. The number of hydrogen-bond donors (Lipinski definition) is 1. The first-order valence-electron chi connectivity index (χ1n) is 6.48. The second kappa shape index (κ2) is 6.00. The summed E-state index contributed by atoms with van der Waals surface area (Å²) < 4.78 is 13.7. The van der Waals surface area contributed by atoms with Crippen molar-refractivity contribution in [1.29, 1.82) is 0 Å². The van der Waals surface area contributed by atoms with E-state index in [0.29, 0.717) is 35.6 Å². The number of hydrogen-bond acceptors (Lipinski definition) is 2. The Kier molecular flexibility index (Phi) is 4.60. The molecule has 2 atom stereocenters. The van der Waals surface area contributed by atoms with Crippen LogP contribution in [0.3, 0.4) is 0 Å². The molecule has 0 aliphatic carbocycles. The molecule has 2 unspecified atom stereocenters. The number of piperidine rings is 1. The summed E-state index contributed by atoms with van der Waals surface area (Å²) in [6.07, 6.45) is 2.25. The van der Waals surface area contributed by atoms with Crippen molar-refractivity contribution in [3.05, 3.63) is 34.6 Å². The second-order valence-corrected chi connectivity index (χ2v) is 5.66. The van der Waals surface area contributed by atoms with Crippen molar-refractivity contribution < 1.29 is 4.39 Å². The van der Waals surface area contributed by atoms with Crippen molar-refractivity contribution in [2.24, 2.45) is 11.7 Å². The fourth-order valence-corrected chi connectivity index (χ4v) is 2.83.